The number of phenols is 2. The highest BCUT2D eigenvalue weighted by Crippen LogP contribution is 2.69. The first-order chi connectivity index (χ1) is 31.9. The maximum Gasteiger partial charge on any atom is 0.307 e. The van der Waals surface area contributed by atoms with Gasteiger partial charge in [-0.15, -0.1) is 0 Å². The number of amides is 2. The highest BCUT2D eigenvalue weighted by Gasteiger charge is 2.60. The fourth-order valence-corrected chi connectivity index (χ4v) is 14.0. The number of fused-ring (bicyclic) bond motifs is 5. The Labute approximate surface area is 410 Å². The van der Waals surface area contributed by atoms with E-state index in [2.05, 4.69) is 51.3 Å². The standard InChI is InChI=1S/C55H78Cl2N2O8/c1-8-66-48(60)22-26-58-52(64)41-29-36(31-46(56)50(41)62)39(37-30-42(51(63)47(57)32-37)53(65)59-27-23-49(61)67-9-2)15-11-14-35-20-24-54(6)38(28-35)16-17-40-44-19-18-43(34(5)13-10-12-33(3)4)55(44,7)25-21-45(40)54/h15,29-35,38,40,43-45,62-63H,8-14,16-28H2,1-7H3,(H,58,64)(H,59,65)/t34-,35+,38+,40+,43-,44+,45+,54+,55-/m1/s1. The van der Waals surface area contributed by atoms with Gasteiger partial charge in [0, 0.05) is 13.1 Å². The zero-order valence-corrected chi connectivity index (χ0v) is 42.8. The van der Waals surface area contributed by atoms with Gasteiger partial charge in [-0.05, 0) is 184 Å². The van der Waals surface area contributed by atoms with Crippen molar-refractivity contribution in [3.8, 4) is 11.5 Å². The molecule has 0 unspecified atom stereocenters. The van der Waals surface area contributed by atoms with Crippen LogP contribution in [0.15, 0.2) is 30.3 Å². The maximum absolute atomic E-state index is 13.5. The minimum atomic E-state index is -0.628. The van der Waals surface area contributed by atoms with Gasteiger partial charge in [0.2, 0.25) is 0 Å². The smallest absolute Gasteiger partial charge is 0.307 e. The first-order valence-corrected chi connectivity index (χ1v) is 26.3. The Bertz CT molecular complexity index is 2030. The summed E-state index contributed by atoms with van der Waals surface area (Å²) < 4.78 is 9.97. The number of allylic oxidation sites excluding steroid dienone is 1. The highest BCUT2D eigenvalue weighted by atomic mass is 35.5. The number of halogens is 2. The fraction of sp³-hybridized carbons (Fsp3) is 0.673. The number of esters is 2. The molecule has 4 aliphatic rings. The molecular formula is C55H78Cl2N2O8. The molecule has 9 atom stereocenters. The van der Waals surface area contributed by atoms with Crippen molar-refractivity contribution < 1.29 is 38.9 Å². The molecule has 6 rings (SSSR count). The number of ether oxygens (including phenoxy) is 2. The van der Waals surface area contributed by atoms with Gasteiger partial charge >= 0.3 is 11.9 Å². The molecule has 10 nitrogen and oxygen atoms in total. The zero-order valence-electron chi connectivity index (χ0n) is 41.2. The number of hydrogen-bond donors (Lipinski definition) is 4. The second-order valence-corrected chi connectivity index (χ2v) is 22.2. The summed E-state index contributed by atoms with van der Waals surface area (Å²) in [6.45, 7) is 16.4. The second-order valence-electron chi connectivity index (χ2n) is 21.4. The summed E-state index contributed by atoms with van der Waals surface area (Å²) >= 11 is 13.3. The van der Waals surface area contributed by atoms with Gasteiger partial charge in [-0.2, -0.15) is 0 Å². The van der Waals surface area contributed by atoms with Crippen LogP contribution in [0.5, 0.6) is 11.5 Å². The number of carbonyl (C=O) groups is 4. The van der Waals surface area contributed by atoms with Crippen LogP contribution in [0.2, 0.25) is 10.0 Å². The van der Waals surface area contributed by atoms with Crippen molar-refractivity contribution in [2.75, 3.05) is 26.3 Å². The van der Waals surface area contributed by atoms with Crippen molar-refractivity contribution in [1.29, 1.82) is 0 Å². The second kappa shape index (κ2) is 23.2. The molecule has 4 fully saturated rings. The van der Waals surface area contributed by atoms with Crippen molar-refractivity contribution in [1.82, 2.24) is 10.6 Å². The number of phenolic OH excluding ortho intramolecular Hbond substituents is 2. The van der Waals surface area contributed by atoms with Crippen LogP contribution >= 0.6 is 23.2 Å². The van der Waals surface area contributed by atoms with Gasteiger partial charge in [-0.25, -0.2) is 0 Å². The van der Waals surface area contributed by atoms with Crippen LogP contribution < -0.4 is 10.6 Å². The van der Waals surface area contributed by atoms with Crippen LogP contribution in [0.1, 0.15) is 183 Å². The Morgan fingerprint density at radius 1 is 0.746 bits per heavy atom. The molecule has 2 aromatic rings. The lowest BCUT2D eigenvalue weighted by Gasteiger charge is -2.61. The van der Waals surface area contributed by atoms with E-state index in [0.29, 0.717) is 45.8 Å². The molecule has 4 aliphatic carbocycles. The minimum absolute atomic E-state index is 0.00886. The third kappa shape index (κ3) is 12.2. The molecule has 0 spiro atoms. The summed E-state index contributed by atoms with van der Waals surface area (Å²) in [5.41, 5.74) is 2.27. The van der Waals surface area contributed by atoms with E-state index in [0.717, 1.165) is 41.9 Å². The lowest BCUT2D eigenvalue weighted by Crippen LogP contribution is -2.53. The van der Waals surface area contributed by atoms with Gasteiger partial charge in [-0.3, -0.25) is 19.2 Å². The number of hydrogen-bond acceptors (Lipinski definition) is 8. The monoisotopic (exact) mass is 965 g/mol. The van der Waals surface area contributed by atoms with Crippen molar-refractivity contribution in [2.24, 2.45) is 58.2 Å². The number of benzene rings is 2. The lowest BCUT2D eigenvalue weighted by molar-refractivity contribution is -0.143. The molecule has 370 valence electrons. The molecule has 4 N–H and O–H groups in total. The Morgan fingerprint density at radius 3 is 1.85 bits per heavy atom. The van der Waals surface area contributed by atoms with E-state index in [1.165, 1.54) is 89.2 Å². The van der Waals surface area contributed by atoms with Gasteiger partial charge in [0.25, 0.3) is 11.8 Å². The third-order valence-electron chi connectivity index (χ3n) is 17.0. The van der Waals surface area contributed by atoms with Gasteiger partial charge in [0.1, 0.15) is 11.5 Å². The predicted molar refractivity (Wildman–Crippen MR) is 266 cm³/mol. The summed E-state index contributed by atoms with van der Waals surface area (Å²) in [4.78, 5) is 50.9. The third-order valence-corrected chi connectivity index (χ3v) is 17.6. The quantitative estimate of drug-likeness (QED) is 0.0958. The van der Waals surface area contributed by atoms with Crippen LogP contribution in [0.25, 0.3) is 5.57 Å². The first kappa shape index (κ1) is 52.6. The predicted octanol–water partition coefficient (Wildman–Crippen LogP) is 12.7. The molecule has 12 heteroatoms. The number of nitrogens with one attached hydrogen (secondary N) is 2. The fourth-order valence-electron chi connectivity index (χ4n) is 13.6. The van der Waals surface area contributed by atoms with Crippen LogP contribution in [0, 0.1) is 58.2 Å². The Kier molecular flexibility index (Phi) is 18.2. The van der Waals surface area contributed by atoms with E-state index < -0.39 is 35.3 Å². The lowest BCUT2D eigenvalue weighted by atomic mass is 9.44. The van der Waals surface area contributed by atoms with Crippen LogP contribution in [0.4, 0.5) is 0 Å². The van der Waals surface area contributed by atoms with Crippen molar-refractivity contribution in [3.05, 3.63) is 62.6 Å². The molecule has 2 amide bonds. The Hall–Kier alpha value is -3.76. The Balaban J connectivity index is 1.20. The molecule has 0 saturated heterocycles. The number of aromatic hydroxyl groups is 2. The van der Waals surface area contributed by atoms with Crippen LogP contribution in [0.3, 0.4) is 0 Å². The molecular weight excluding hydrogens is 888 g/mol. The van der Waals surface area contributed by atoms with Crippen molar-refractivity contribution >= 4 is 52.5 Å². The topological polar surface area (TPSA) is 151 Å². The van der Waals surface area contributed by atoms with Gasteiger partial charge in [0.05, 0.1) is 47.2 Å². The molecule has 0 aliphatic heterocycles. The minimum Gasteiger partial charge on any atom is -0.506 e. The zero-order chi connectivity index (χ0) is 48.6. The molecule has 0 aromatic heterocycles. The average molecular weight is 966 g/mol. The van der Waals surface area contributed by atoms with E-state index in [-0.39, 0.29) is 60.3 Å². The van der Waals surface area contributed by atoms with E-state index in [1.807, 2.05) is 0 Å². The van der Waals surface area contributed by atoms with E-state index in [9.17, 15) is 29.4 Å². The van der Waals surface area contributed by atoms with Gasteiger partial charge in [-0.1, -0.05) is 83.2 Å². The van der Waals surface area contributed by atoms with E-state index >= 15 is 0 Å². The molecule has 0 heterocycles. The SMILES string of the molecule is CCOC(=O)CCNC(=O)c1cc(C(=CCC[C@H]2CC[C@@]3(C)[C@@H](CC[C@@H]4[C@@H]3CC[C@]3(C)[C@@H]([C@H](C)CCCC(C)C)CC[C@@H]43)C2)c2cc(Cl)c(O)c(C(=O)NCCC(=O)OCC)c2)cc(Cl)c1O. The molecule has 2 aromatic carbocycles. The maximum atomic E-state index is 13.5. The molecule has 67 heavy (non-hydrogen) atoms. The van der Waals surface area contributed by atoms with Gasteiger partial charge < -0.3 is 30.3 Å². The first-order valence-electron chi connectivity index (χ1n) is 25.5. The van der Waals surface area contributed by atoms with Crippen molar-refractivity contribution in [3.63, 3.8) is 0 Å². The summed E-state index contributed by atoms with van der Waals surface area (Å²) in [6.07, 6.45) is 19.6. The molecule has 0 bridgehead atoms. The van der Waals surface area contributed by atoms with Crippen molar-refractivity contribution in [2.45, 2.75) is 151 Å². The normalized spacial score (nSPS) is 27.0. The molecule has 0 radical (unpaired) electrons. The van der Waals surface area contributed by atoms with Crippen LogP contribution in [-0.4, -0.2) is 60.3 Å². The van der Waals surface area contributed by atoms with Crippen LogP contribution in [-0.2, 0) is 19.1 Å². The largest absolute Gasteiger partial charge is 0.506 e. The summed E-state index contributed by atoms with van der Waals surface area (Å²) in [7, 11) is 0. The number of carbonyl (C=O) groups excluding carboxylic acids is 4. The van der Waals surface area contributed by atoms with E-state index in [1.54, 1.807) is 26.0 Å². The average Bonchev–Trinajstić information content (AvgIpc) is 3.64. The highest BCUT2D eigenvalue weighted by molar-refractivity contribution is 6.33. The van der Waals surface area contributed by atoms with Gasteiger partial charge in [0.15, 0.2) is 0 Å². The van der Waals surface area contributed by atoms with E-state index in [4.69, 9.17) is 32.7 Å². The summed E-state index contributed by atoms with van der Waals surface area (Å²) in [6, 6.07) is 6.20. The number of rotatable bonds is 20. The summed E-state index contributed by atoms with van der Waals surface area (Å²) in [5.74, 6) is 3.21. The molecule has 4 saturated carbocycles. The Morgan fingerprint density at radius 2 is 1.30 bits per heavy atom. The summed E-state index contributed by atoms with van der Waals surface area (Å²) in [5, 5.41) is 27.3.